The van der Waals surface area contributed by atoms with Crippen molar-refractivity contribution in [3.05, 3.63) is 102 Å². The minimum atomic E-state index is -0.701. The van der Waals surface area contributed by atoms with Crippen LogP contribution in [0.2, 0.25) is 0 Å². The largest absolute Gasteiger partial charge is 0.494 e. The molecule has 0 fully saturated rings. The van der Waals surface area contributed by atoms with Crippen LogP contribution in [0.25, 0.3) is 0 Å². The van der Waals surface area contributed by atoms with Crippen molar-refractivity contribution in [2.24, 2.45) is 0 Å². The molecule has 0 aliphatic heterocycles. The highest BCUT2D eigenvalue weighted by atomic mass is 19.1. The lowest BCUT2D eigenvalue weighted by Gasteiger charge is -2.32. The van der Waals surface area contributed by atoms with Crippen LogP contribution >= 0.6 is 0 Å². The highest BCUT2D eigenvalue weighted by molar-refractivity contribution is 5.88. The van der Waals surface area contributed by atoms with Gasteiger partial charge in [-0.05, 0) is 55.7 Å². The Morgan fingerprint density at radius 1 is 0.886 bits per heavy atom. The number of ether oxygens (including phenoxy) is 1. The molecule has 1 atom stereocenters. The van der Waals surface area contributed by atoms with Crippen LogP contribution in [0, 0.1) is 5.82 Å². The summed E-state index contributed by atoms with van der Waals surface area (Å²) < 4.78 is 19.2. The Hall–Kier alpha value is -3.67. The van der Waals surface area contributed by atoms with Crippen LogP contribution in [0.15, 0.2) is 84.9 Å². The van der Waals surface area contributed by atoms with Crippen molar-refractivity contribution >= 4 is 11.8 Å². The van der Waals surface area contributed by atoms with Gasteiger partial charge in [0.25, 0.3) is 0 Å². The first-order valence-electron chi connectivity index (χ1n) is 12.0. The van der Waals surface area contributed by atoms with Gasteiger partial charge in [0, 0.05) is 25.4 Å². The number of amides is 2. The summed E-state index contributed by atoms with van der Waals surface area (Å²) in [7, 11) is 0. The van der Waals surface area contributed by atoms with Crippen LogP contribution in [-0.2, 0) is 22.6 Å². The molecule has 0 aliphatic rings. The van der Waals surface area contributed by atoms with Crippen LogP contribution in [0.5, 0.6) is 5.75 Å². The lowest BCUT2D eigenvalue weighted by Crippen LogP contribution is -2.51. The van der Waals surface area contributed by atoms with E-state index in [0.29, 0.717) is 19.4 Å². The maximum atomic E-state index is 13.5. The van der Waals surface area contributed by atoms with Crippen molar-refractivity contribution in [1.29, 1.82) is 0 Å². The molecule has 0 aromatic heterocycles. The van der Waals surface area contributed by atoms with E-state index in [9.17, 15) is 14.0 Å². The number of carbonyl (C=O) groups is 2. The minimum absolute atomic E-state index is 0.0668. The van der Waals surface area contributed by atoms with Crippen LogP contribution in [0.1, 0.15) is 37.8 Å². The Morgan fingerprint density at radius 3 is 2.14 bits per heavy atom. The molecule has 0 spiro atoms. The number of nitrogens with one attached hydrogen (secondary N) is 1. The molecular weight excluding hydrogens is 443 g/mol. The van der Waals surface area contributed by atoms with Gasteiger partial charge in [-0.25, -0.2) is 4.39 Å². The second kappa shape index (κ2) is 13.3. The third-order valence-electron chi connectivity index (χ3n) is 5.52. The Morgan fingerprint density at radius 2 is 1.51 bits per heavy atom. The van der Waals surface area contributed by atoms with Crippen molar-refractivity contribution in [2.75, 3.05) is 6.61 Å². The Bertz CT molecular complexity index is 1060. The van der Waals surface area contributed by atoms with Gasteiger partial charge in [0.1, 0.15) is 17.6 Å². The van der Waals surface area contributed by atoms with Gasteiger partial charge < -0.3 is 15.0 Å². The van der Waals surface area contributed by atoms with E-state index in [1.54, 1.807) is 17.0 Å². The lowest BCUT2D eigenvalue weighted by molar-refractivity contribution is -0.141. The minimum Gasteiger partial charge on any atom is -0.494 e. The summed E-state index contributed by atoms with van der Waals surface area (Å²) in [5.41, 5.74) is 1.72. The van der Waals surface area contributed by atoms with Crippen molar-refractivity contribution < 1.29 is 18.7 Å². The molecule has 0 saturated heterocycles. The fourth-order valence-electron chi connectivity index (χ4n) is 3.79. The van der Waals surface area contributed by atoms with Crippen LogP contribution in [0.3, 0.4) is 0 Å². The van der Waals surface area contributed by atoms with Gasteiger partial charge in [0.15, 0.2) is 0 Å². The molecule has 1 N–H and O–H groups in total. The molecule has 0 saturated carbocycles. The smallest absolute Gasteiger partial charge is 0.243 e. The molecule has 184 valence electrons. The summed E-state index contributed by atoms with van der Waals surface area (Å²) in [5, 5.41) is 2.96. The molecule has 0 aliphatic carbocycles. The van der Waals surface area contributed by atoms with Gasteiger partial charge in [-0.2, -0.15) is 0 Å². The second-order valence-electron chi connectivity index (χ2n) is 8.78. The van der Waals surface area contributed by atoms with E-state index in [0.717, 1.165) is 16.9 Å². The topological polar surface area (TPSA) is 58.6 Å². The molecule has 3 aromatic rings. The van der Waals surface area contributed by atoms with E-state index in [1.807, 2.05) is 74.5 Å². The Balaban J connectivity index is 1.78. The van der Waals surface area contributed by atoms with E-state index < -0.39 is 6.04 Å². The van der Waals surface area contributed by atoms with Crippen molar-refractivity contribution in [3.63, 3.8) is 0 Å². The van der Waals surface area contributed by atoms with E-state index in [4.69, 9.17) is 4.74 Å². The number of halogens is 1. The summed E-state index contributed by atoms with van der Waals surface area (Å²) in [6.45, 7) is 4.39. The van der Waals surface area contributed by atoms with Crippen molar-refractivity contribution in [1.82, 2.24) is 10.2 Å². The summed E-state index contributed by atoms with van der Waals surface area (Å²) in [6, 6.07) is 24.4. The second-order valence-corrected chi connectivity index (χ2v) is 8.78. The highest BCUT2D eigenvalue weighted by Crippen LogP contribution is 2.17. The van der Waals surface area contributed by atoms with Gasteiger partial charge in [-0.3, -0.25) is 9.59 Å². The zero-order valence-electron chi connectivity index (χ0n) is 20.3. The predicted molar refractivity (Wildman–Crippen MR) is 135 cm³/mol. The molecule has 3 rings (SSSR count). The van der Waals surface area contributed by atoms with Crippen LogP contribution in [0.4, 0.5) is 4.39 Å². The first kappa shape index (κ1) is 25.9. The standard InChI is InChI=1S/C29H33FN2O3/c1-22(2)31-29(34)27(20-23-10-5-3-6-11-23)32(21-24-15-17-25(30)18-16-24)28(33)14-9-19-35-26-12-7-4-8-13-26/h3-8,10-13,15-18,22,27H,9,14,19-21H2,1-2H3,(H,31,34). The zero-order chi connectivity index (χ0) is 25.0. The number of carbonyl (C=O) groups excluding carboxylic acids is 2. The molecule has 0 radical (unpaired) electrons. The fourth-order valence-corrected chi connectivity index (χ4v) is 3.79. The molecule has 3 aromatic carbocycles. The molecular formula is C29H33FN2O3. The molecule has 5 nitrogen and oxygen atoms in total. The van der Waals surface area contributed by atoms with Gasteiger partial charge in [0.05, 0.1) is 6.61 Å². The number of hydrogen-bond acceptors (Lipinski definition) is 3. The van der Waals surface area contributed by atoms with E-state index in [-0.39, 0.29) is 36.6 Å². The molecule has 35 heavy (non-hydrogen) atoms. The van der Waals surface area contributed by atoms with Gasteiger partial charge in [-0.1, -0.05) is 60.7 Å². The molecule has 1 unspecified atom stereocenters. The fraction of sp³-hybridized carbons (Fsp3) is 0.310. The maximum Gasteiger partial charge on any atom is 0.243 e. The summed E-state index contributed by atoms with van der Waals surface area (Å²) in [4.78, 5) is 28.3. The van der Waals surface area contributed by atoms with Crippen molar-refractivity contribution in [3.8, 4) is 5.75 Å². The Labute approximate surface area is 206 Å². The van der Waals surface area contributed by atoms with E-state index >= 15 is 0 Å². The zero-order valence-corrected chi connectivity index (χ0v) is 20.3. The van der Waals surface area contributed by atoms with Crippen LogP contribution in [-0.4, -0.2) is 35.4 Å². The average molecular weight is 477 g/mol. The maximum absolute atomic E-state index is 13.5. The number of rotatable bonds is 12. The molecule has 2 amide bonds. The first-order chi connectivity index (χ1) is 16.9. The number of hydrogen-bond donors (Lipinski definition) is 1. The highest BCUT2D eigenvalue weighted by Gasteiger charge is 2.30. The average Bonchev–Trinajstić information content (AvgIpc) is 2.86. The van der Waals surface area contributed by atoms with Gasteiger partial charge in [0.2, 0.25) is 11.8 Å². The summed E-state index contributed by atoms with van der Waals surface area (Å²) in [6.07, 6.45) is 1.12. The lowest BCUT2D eigenvalue weighted by atomic mass is 10.0. The predicted octanol–water partition coefficient (Wildman–Crippen LogP) is 5.15. The third kappa shape index (κ3) is 8.56. The SMILES string of the molecule is CC(C)NC(=O)C(Cc1ccccc1)N(Cc1ccc(F)cc1)C(=O)CCCOc1ccccc1. The number of benzene rings is 3. The normalized spacial score (nSPS) is 11.7. The summed E-state index contributed by atoms with van der Waals surface area (Å²) >= 11 is 0. The van der Waals surface area contributed by atoms with Gasteiger partial charge >= 0.3 is 0 Å². The molecule has 0 bridgehead atoms. The summed E-state index contributed by atoms with van der Waals surface area (Å²) in [5.74, 6) is 0.0510. The van der Waals surface area contributed by atoms with Gasteiger partial charge in [-0.15, -0.1) is 0 Å². The monoisotopic (exact) mass is 476 g/mol. The molecule has 0 heterocycles. The number of nitrogens with zero attached hydrogens (tertiary/aromatic N) is 1. The third-order valence-corrected chi connectivity index (χ3v) is 5.52. The first-order valence-corrected chi connectivity index (χ1v) is 12.0. The van der Waals surface area contributed by atoms with E-state index in [2.05, 4.69) is 5.32 Å². The Kier molecular flexibility index (Phi) is 9.84. The number of para-hydroxylation sites is 1. The van der Waals surface area contributed by atoms with Crippen LogP contribution < -0.4 is 10.1 Å². The van der Waals surface area contributed by atoms with Crippen molar-refractivity contribution in [2.45, 2.75) is 51.7 Å². The van der Waals surface area contributed by atoms with E-state index in [1.165, 1.54) is 12.1 Å². The quantitative estimate of drug-likeness (QED) is 0.368. The molecule has 6 heteroatoms.